The highest BCUT2D eigenvalue weighted by Gasteiger charge is 2.35. The highest BCUT2D eigenvalue weighted by molar-refractivity contribution is 6.13. The predicted octanol–water partition coefficient (Wildman–Crippen LogP) is 8.02. The maximum atomic E-state index is 14.6. The van der Waals surface area contributed by atoms with Gasteiger partial charge in [0.2, 0.25) is 11.9 Å². The fourth-order valence-corrected chi connectivity index (χ4v) is 8.24. The zero-order valence-corrected chi connectivity index (χ0v) is 36.2. The van der Waals surface area contributed by atoms with Gasteiger partial charge in [0.1, 0.15) is 22.9 Å². The number of para-hydroxylation sites is 1. The molecule has 4 heterocycles. The zero-order valence-electron chi connectivity index (χ0n) is 36.2. The van der Waals surface area contributed by atoms with Gasteiger partial charge in [-0.1, -0.05) is 37.1 Å². The monoisotopic (exact) mass is 892 g/mol. The number of amides is 2. The lowest BCUT2D eigenvalue weighted by Gasteiger charge is -2.33. The van der Waals surface area contributed by atoms with Crippen molar-refractivity contribution < 1.29 is 42.8 Å². The molecule has 19 heteroatoms. The number of fused-ring (bicyclic) bond motifs is 2. The summed E-state index contributed by atoms with van der Waals surface area (Å²) >= 11 is 0. The quantitative estimate of drug-likeness (QED) is 0.0840. The maximum Gasteiger partial charge on any atom is 0.416 e. The van der Waals surface area contributed by atoms with Crippen molar-refractivity contribution >= 4 is 46.3 Å². The number of anilines is 6. The van der Waals surface area contributed by atoms with Crippen LogP contribution >= 0.6 is 0 Å². The minimum atomic E-state index is -4.84. The lowest BCUT2D eigenvalue weighted by molar-refractivity contribution is -0.138. The number of phenols is 2. The van der Waals surface area contributed by atoms with Crippen LogP contribution in [0.3, 0.4) is 0 Å². The second-order valence-electron chi connectivity index (χ2n) is 16.1. The minimum Gasteiger partial charge on any atom is -0.508 e. The fourth-order valence-electron chi connectivity index (χ4n) is 8.24. The third-order valence-corrected chi connectivity index (χ3v) is 11.7. The van der Waals surface area contributed by atoms with Gasteiger partial charge in [0.25, 0.3) is 5.91 Å². The van der Waals surface area contributed by atoms with Crippen molar-refractivity contribution in [2.45, 2.75) is 52.3 Å². The number of hydrogen-bond acceptors (Lipinski definition) is 13. The van der Waals surface area contributed by atoms with Crippen LogP contribution in [-0.2, 0) is 17.5 Å². The van der Waals surface area contributed by atoms with Gasteiger partial charge < -0.3 is 45.4 Å². The summed E-state index contributed by atoms with van der Waals surface area (Å²) in [5, 5.41) is 45.1. The molecule has 1 saturated heterocycles. The molecule has 0 unspecified atom stereocenters. The summed E-state index contributed by atoms with van der Waals surface area (Å²) in [5.74, 6) is -0.504. The normalized spacial score (nSPS) is 14.3. The summed E-state index contributed by atoms with van der Waals surface area (Å²) in [6.45, 7) is 6.49. The Hall–Kier alpha value is -7.57. The summed E-state index contributed by atoms with van der Waals surface area (Å²) in [6.07, 6.45) is -2.33. The third kappa shape index (κ3) is 8.60. The minimum absolute atomic E-state index is 0.0421. The van der Waals surface area contributed by atoms with Crippen molar-refractivity contribution in [3.8, 4) is 40.3 Å². The van der Waals surface area contributed by atoms with Gasteiger partial charge in [0, 0.05) is 57.5 Å². The van der Waals surface area contributed by atoms with E-state index in [1.807, 2.05) is 69.1 Å². The van der Waals surface area contributed by atoms with E-state index >= 15 is 0 Å². The van der Waals surface area contributed by atoms with Crippen molar-refractivity contribution in [3.05, 3.63) is 101 Å². The molecule has 2 amide bonds. The van der Waals surface area contributed by atoms with E-state index in [1.54, 1.807) is 19.3 Å². The van der Waals surface area contributed by atoms with Crippen molar-refractivity contribution in [2.75, 3.05) is 53.8 Å². The number of nitrogens with zero attached hydrogens (tertiary/aromatic N) is 8. The molecule has 2 aliphatic heterocycles. The van der Waals surface area contributed by atoms with Gasteiger partial charge >= 0.3 is 12.2 Å². The molecule has 0 bridgehead atoms. The average molecular weight is 893 g/mol. The average Bonchev–Trinajstić information content (AvgIpc) is 3.65. The molecule has 338 valence electrons. The standard InChI is InChI=1S/C46H47F3N10O6/c1-6-65-39-20-28(13-14-34(39)52-44-51-24-36-41(53-44)56(4)35-10-8-7-9-30(35)43(63)57(36)5)58-17-15-26(16-18-58)42(62)50-23-27-11-12-29(19-33(27)46(47,48)49)59-40(54-55-45(59)64)32-21-31(25(2)3)37(60)22-38(32)61/h7-14,19-22,24-26,60-61H,6,15-18,23H2,1-5H3,(H,50,62)(H,55,64)(H,51,52,53). The zero-order chi connectivity index (χ0) is 46.3. The van der Waals surface area contributed by atoms with Crippen molar-refractivity contribution in [1.29, 1.82) is 0 Å². The summed E-state index contributed by atoms with van der Waals surface area (Å²) in [7, 11) is 3.53. The van der Waals surface area contributed by atoms with Gasteiger partial charge in [0.15, 0.2) is 11.6 Å². The third-order valence-electron chi connectivity index (χ3n) is 11.7. The van der Waals surface area contributed by atoms with Gasteiger partial charge in [-0.05, 0) is 79.3 Å². The van der Waals surface area contributed by atoms with Gasteiger partial charge in [-0.15, -0.1) is 5.10 Å². The van der Waals surface area contributed by atoms with E-state index in [-0.39, 0.29) is 46.1 Å². The first-order valence-electron chi connectivity index (χ1n) is 21.0. The Morgan fingerprint density at radius 2 is 1.63 bits per heavy atom. The number of benzene rings is 4. The molecule has 65 heavy (non-hydrogen) atoms. The molecule has 2 aromatic heterocycles. The van der Waals surface area contributed by atoms with Crippen LogP contribution in [0.2, 0.25) is 0 Å². The summed E-state index contributed by atoms with van der Waals surface area (Å²) in [5.41, 5.74) is 2.40. The highest BCUT2D eigenvalue weighted by Crippen LogP contribution is 2.42. The predicted molar refractivity (Wildman–Crippen MR) is 238 cm³/mol. The number of rotatable bonds is 11. The number of carbonyl (C=O) groups excluding carboxylic acids is 2. The number of alkyl halides is 3. The molecule has 0 aliphatic carbocycles. The van der Waals surface area contributed by atoms with E-state index in [4.69, 9.17) is 9.72 Å². The number of halogens is 3. The fraction of sp³-hybridized carbons (Fsp3) is 0.304. The van der Waals surface area contributed by atoms with Crippen LogP contribution in [0.15, 0.2) is 79.0 Å². The first-order valence-corrected chi connectivity index (χ1v) is 21.0. The van der Waals surface area contributed by atoms with Gasteiger partial charge in [0.05, 0.1) is 46.6 Å². The van der Waals surface area contributed by atoms with Crippen LogP contribution in [0, 0.1) is 5.92 Å². The Balaban J connectivity index is 0.934. The molecule has 8 rings (SSSR count). The van der Waals surface area contributed by atoms with Crippen LogP contribution in [0.1, 0.15) is 66.6 Å². The Morgan fingerprint density at radius 3 is 2.35 bits per heavy atom. The van der Waals surface area contributed by atoms with E-state index in [0.717, 1.165) is 22.4 Å². The molecular formula is C46H47F3N10O6. The van der Waals surface area contributed by atoms with E-state index in [9.17, 15) is 38.1 Å². The van der Waals surface area contributed by atoms with Crippen molar-refractivity contribution in [3.63, 3.8) is 0 Å². The molecule has 6 aromatic rings. The molecule has 2 aliphatic rings. The lowest BCUT2D eigenvalue weighted by Crippen LogP contribution is -2.40. The Bertz CT molecular complexity index is 2790. The molecule has 0 spiro atoms. The first kappa shape index (κ1) is 44.1. The van der Waals surface area contributed by atoms with Gasteiger partial charge in [-0.3, -0.25) is 9.59 Å². The van der Waals surface area contributed by atoms with Crippen LogP contribution in [0.4, 0.5) is 47.7 Å². The molecule has 0 atom stereocenters. The number of carbonyl (C=O) groups is 2. The Morgan fingerprint density at radius 1 is 0.892 bits per heavy atom. The first-order chi connectivity index (χ1) is 31.0. The van der Waals surface area contributed by atoms with Crippen molar-refractivity contribution in [1.82, 2.24) is 30.0 Å². The largest absolute Gasteiger partial charge is 0.508 e. The summed E-state index contributed by atoms with van der Waals surface area (Å²) in [4.78, 5) is 41.4. The molecule has 16 nitrogen and oxygen atoms in total. The van der Waals surface area contributed by atoms with Gasteiger partial charge in [-0.25, -0.2) is 9.55 Å². The second-order valence-corrected chi connectivity index (χ2v) is 16.1. The van der Waals surface area contributed by atoms with E-state index in [0.29, 0.717) is 78.2 Å². The number of ether oxygens (including phenoxy) is 1. The summed E-state index contributed by atoms with van der Waals surface area (Å²) in [6, 6.07) is 18.2. The van der Waals surface area contributed by atoms with Crippen LogP contribution in [0.25, 0.3) is 17.1 Å². The number of phenolic OH excluding ortho intramolecular Hbond substituents is 2. The smallest absolute Gasteiger partial charge is 0.416 e. The maximum absolute atomic E-state index is 14.6. The molecule has 1 fully saturated rings. The molecule has 4 aromatic carbocycles. The lowest BCUT2D eigenvalue weighted by atomic mass is 9.95. The Labute approximate surface area is 372 Å². The molecule has 0 saturated carbocycles. The molecule has 5 N–H and O–H groups in total. The van der Waals surface area contributed by atoms with Crippen LogP contribution in [0.5, 0.6) is 23.3 Å². The number of aromatic hydroxyl groups is 3. The van der Waals surface area contributed by atoms with Crippen molar-refractivity contribution in [2.24, 2.45) is 5.92 Å². The van der Waals surface area contributed by atoms with Crippen LogP contribution < -0.4 is 30.1 Å². The number of aromatic nitrogens is 5. The number of nitrogens with one attached hydrogen (secondary N) is 2. The number of hydrogen-bond donors (Lipinski definition) is 5. The topological polar surface area (TPSA) is 194 Å². The number of piperidine rings is 1. The van der Waals surface area contributed by atoms with E-state index in [2.05, 4.69) is 30.7 Å². The molecule has 0 radical (unpaired) electrons. The van der Waals surface area contributed by atoms with E-state index < -0.39 is 36.0 Å². The second kappa shape index (κ2) is 17.5. The SMILES string of the molecule is CCOc1cc(N2CCC(C(=O)NCc3ccc(-n4c(O)nnc4-c4cc(C(C)C)c(O)cc4O)cc3C(F)(F)F)CC2)ccc1Nc1ncc2c(n1)N(C)c1ccccc1C(=O)N2C. The Kier molecular flexibility index (Phi) is 11.9. The summed E-state index contributed by atoms with van der Waals surface area (Å²) < 4.78 is 50.7. The van der Waals surface area contributed by atoms with E-state index in [1.165, 1.54) is 23.1 Å². The highest BCUT2D eigenvalue weighted by atomic mass is 19.4. The molecular weight excluding hydrogens is 846 g/mol. The van der Waals surface area contributed by atoms with Gasteiger partial charge in [-0.2, -0.15) is 18.2 Å². The van der Waals surface area contributed by atoms with Crippen LogP contribution in [-0.4, -0.2) is 85.7 Å².